The molecule has 144 valence electrons. The number of amides is 1. The molecule has 1 saturated heterocycles. The summed E-state index contributed by atoms with van der Waals surface area (Å²) < 4.78 is 6.51. The van der Waals surface area contributed by atoms with Crippen LogP contribution in [-0.4, -0.2) is 55.5 Å². The number of carbonyl (C=O) groups is 1. The summed E-state index contributed by atoms with van der Waals surface area (Å²) >= 11 is 9.62. The van der Waals surface area contributed by atoms with E-state index >= 15 is 0 Å². The van der Waals surface area contributed by atoms with Crippen molar-refractivity contribution < 1.29 is 9.53 Å². The first-order chi connectivity index (χ1) is 13.0. The Labute approximate surface area is 173 Å². The van der Waals surface area contributed by atoms with Crippen molar-refractivity contribution in [2.45, 2.75) is 6.54 Å². The van der Waals surface area contributed by atoms with Gasteiger partial charge in [0, 0.05) is 42.8 Å². The van der Waals surface area contributed by atoms with Crippen molar-refractivity contribution in [3.8, 4) is 5.75 Å². The van der Waals surface area contributed by atoms with Crippen molar-refractivity contribution in [3.63, 3.8) is 0 Å². The van der Waals surface area contributed by atoms with Gasteiger partial charge in [0.25, 0.3) is 0 Å². The molecular weight excluding hydrogens is 430 g/mol. The number of piperazine rings is 1. The van der Waals surface area contributed by atoms with Gasteiger partial charge >= 0.3 is 0 Å². The van der Waals surface area contributed by atoms with Gasteiger partial charge in [-0.2, -0.15) is 0 Å². The minimum Gasteiger partial charge on any atom is -0.496 e. The number of halogens is 2. The number of rotatable bonds is 6. The minimum atomic E-state index is -0.0368. The maximum Gasteiger partial charge on any atom is 0.238 e. The van der Waals surface area contributed by atoms with Crippen LogP contribution in [0.5, 0.6) is 5.75 Å². The summed E-state index contributed by atoms with van der Waals surface area (Å²) in [4.78, 5) is 16.8. The van der Waals surface area contributed by atoms with Crippen LogP contribution in [0.1, 0.15) is 5.56 Å². The second-order valence-corrected chi connectivity index (χ2v) is 7.86. The van der Waals surface area contributed by atoms with E-state index in [4.69, 9.17) is 16.3 Å². The molecule has 1 N–H and O–H groups in total. The molecule has 1 aliphatic rings. The number of hydrogen-bond acceptors (Lipinski definition) is 4. The zero-order chi connectivity index (χ0) is 19.2. The lowest BCUT2D eigenvalue weighted by molar-refractivity contribution is -0.117. The largest absolute Gasteiger partial charge is 0.496 e. The summed E-state index contributed by atoms with van der Waals surface area (Å²) in [5.41, 5.74) is 1.82. The second kappa shape index (κ2) is 9.55. The summed E-state index contributed by atoms with van der Waals surface area (Å²) in [6.07, 6.45) is 0. The van der Waals surface area contributed by atoms with Gasteiger partial charge in [-0.05, 0) is 30.3 Å². The van der Waals surface area contributed by atoms with E-state index in [1.165, 1.54) is 0 Å². The molecule has 7 heteroatoms. The van der Waals surface area contributed by atoms with Crippen LogP contribution in [0.2, 0.25) is 5.02 Å². The fourth-order valence-electron chi connectivity index (χ4n) is 3.17. The third kappa shape index (κ3) is 5.69. The average Bonchev–Trinajstić information content (AvgIpc) is 2.65. The van der Waals surface area contributed by atoms with Crippen LogP contribution in [-0.2, 0) is 11.3 Å². The van der Waals surface area contributed by atoms with Crippen LogP contribution in [0.4, 0.5) is 5.69 Å². The van der Waals surface area contributed by atoms with E-state index in [0.29, 0.717) is 17.3 Å². The number of nitrogens with one attached hydrogen (secondary N) is 1. The molecule has 0 atom stereocenters. The summed E-state index contributed by atoms with van der Waals surface area (Å²) in [6, 6.07) is 13.3. The van der Waals surface area contributed by atoms with Gasteiger partial charge < -0.3 is 10.1 Å². The number of benzene rings is 2. The fourth-order valence-corrected chi connectivity index (χ4v) is 3.76. The van der Waals surface area contributed by atoms with Crippen LogP contribution in [0.15, 0.2) is 46.9 Å². The van der Waals surface area contributed by atoms with Gasteiger partial charge in [0.2, 0.25) is 5.91 Å². The van der Waals surface area contributed by atoms with Gasteiger partial charge in [-0.1, -0.05) is 39.7 Å². The van der Waals surface area contributed by atoms with E-state index in [2.05, 4.69) is 37.1 Å². The lowest BCUT2D eigenvalue weighted by atomic mass is 10.1. The standard InChI is InChI=1S/C20H23BrClN3O2/c1-27-19-7-6-16(21)12-15(19)13-24-8-10-25(11-9-24)14-20(26)23-18-5-3-2-4-17(18)22/h2-7,12H,8-11,13-14H2,1H3,(H,23,26). The van der Waals surface area contributed by atoms with Crippen LogP contribution < -0.4 is 10.1 Å². The number of anilines is 1. The van der Waals surface area contributed by atoms with E-state index in [9.17, 15) is 4.79 Å². The maximum absolute atomic E-state index is 12.3. The van der Waals surface area contributed by atoms with Crippen molar-refractivity contribution >= 4 is 39.1 Å². The minimum absolute atomic E-state index is 0.0368. The first kappa shape index (κ1) is 20.1. The Balaban J connectivity index is 1.48. The average molecular weight is 453 g/mol. The quantitative estimate of drug-likeness (QED) is 0.723. The molecule has 1 amide bonds. The van der Waals surface area contributed by atoms with Crippen LogP contribution >= 0.6 is 27.5 Å². The molecule has 2 aromatic rings. The summed E-state index contributed by atoms with van der Waals surface area (Å²) in [6.45, 7) is 4.74. The molecule has 2 aromatic carbocycles. The lowest BCUT2D eigenvalue weighted by Crippen LogP contribution is -2.48. The van der Waals surface area contributed by atoms with Gasteiger partial charge in [0.05, 0.1) is 24.4 Å². The van der Waals surface area contributed by atoms with E-state index in [-0.39, 0.29) is 5.91 Å². The van der Waals surface area contributed by atoms with Crippen LogP contribution in [0, 0.1) is 0 Å². The molecule has 0 unspecified atom stereocenters. The number of para-hydroxylation sites is 1. The third-order valence-corrected chi connectivity index (χ3v) is 5.44. The molecule has 1 fully saturated rings. The predicted molar refractivity (Wildman–Crippen MR) is 112 cm³/mol. The summed E-state index contributed by atoms with van der Waals surface area (Å²) in [7, 11) is 1.70. The highest BCUT2D eigenvalue weighted by Crippen LogP contribution is 2.25. The van der Waals surface area contributed by atoms with Gasteiger partial charge in [0.1, 0.15) is 5.75 Å². The molecule has 0 aromatic heterocycles. The smallest absolute Gasteiger partial charge is 0.238 e. The van der Waals surface area contributed by atoms with E-state index in [0.717, 1.165) is 48.5 Å². The van der Waals surface area contributed by atoms with Crippen molar-refractivity contribution in [1.82, 2.24) is 9.80 Å². The Kier molecular flexibility index (Phi) is 7.13. The van der Waals surface area contributed by atoms with Crippen molar-refractivity contribution in [2.75, 3.05) is 45.2 Å². The molecule has 0 aliphatic carbocycles. The monoisotopic (exact) mass is 451 g/mol. The van der Waals surface area contributed by atoms with Crippen molar-refractivity contribution in [3.05, 3.63) is 57.5 Å². The maximum atomic E-state index is 12.3. The number of carbonyl (C=O) groups excluding carboxylic acids is 1. The predicted octanol–water partition coefficient (Wildman–Crippen LogP) is 3.87. The Bertz CT molecular complexity index is 795. The topological polar surface area (TPSA) is 44.8 Å². The van der Waals surface area contributed by atoms with E-state index < -0.39 is 0 Å². The highest BCUT2D eigenvalue weighted by Gasteiger charge is 2.20. The lowest BCUT2D eigenvalue weighted by Gasteiger charge is -2.34. The first-order valence-electron chi connectivity index (χ1n) is 8.86. The molecule has 5 nitrogen and oxygen atoms in total. The van der Waals surface area contributed by atoms with Gasteiger partial charge in [-0.3, -0.25) is 14.6 Å². The van der Waals surface area contributed by atoms with Gasteiger partial charge in [-0.15, -0.1) is 0 Å². The molecule has 3 rings (SSSR count). The van der Waals surface area contributed by atoms with Crippen molar-refractivity contribution in [2.24, 2.45) is 0 Å². The second-order valence-electron chi connectivity index (χ2n) is 6.54. The normalized spacial score (nSPS) is 15.5. The van der Waals surface area contributed by atoms with Crippen molar-refractivity contribution in [1.29, 1.82) is 0 Å². The third-order valence-electron chi connectivity index (χ3n) is 4.62. The zero-order valence-corrected chi connectivity index (χ0v) is 17.6. The molecule has 1 aliphatic heterocycles. The van der Waals surface area contributed by atoms with E-state index in [1.807, 2.05) is 30.3 Å². The number of methoxy groups -OCH3 is 1. The molecule has 0 saturated carbocycles. The van der Waals surface area contributed by atoms with Crippen LogP contribution in [0.3, 0.4) is 0 Å². The molecular formula is C20H23BrClN3O2. The molecule has 1 heterocycles. The highest BCUT2D eigenvalue weighted by atomic mass is 79.9. The Morgan fingerprint density at radius 2 is 1.85 bits per heavy atom. The molecule has 0 radical (unpaired) electrons. The van der Waals surface area contributed by atoms with Gasteiger partial charge in [0.15, 0.2) is 0 Å². The highest BCUT2D eigenvalue weighted by molar-refractivity contribution is 9.10. The Morgan fingerprint density at radius 3 is 2.56 bits per heavy atom. The summed E-state index contributed by atoms with van der Waals surface area (Å²) in [5.74, 6) is 0.866. The zero-order valence-electron chi connectivity index (χ0n) is 15.3. The fraction of sp³-hybridized carbons (Fsp3) is 0.350. The molecule has 0 bridgehead atoms. The number of hydrogen-bond donors (Lipinski definition) is 1. The van der Waals surface area contributed by atoms with Gasteiger partial charge in [-0.25, -0.2) is 0 Å². The Morgan fingerprint density at radius 1 is 1.15 bits per heavy atom. The Hall–Kier alpha value is -1.60. The molecule has 0 spiro atoms. The number of ether oxygens (including phenoxy) is 1. The van der Waals surface area contributed by atoms with E-state index in [1.54, 1.807) is 13.2 Å². The first-order valence-corrected chi connectivity index (χ1v) is 10.0. The SMILES string of the molecule is COc1ccc(Br)cc1CN1CCN(CC(=O)Nc2ccccc2Cl)CC1. The number of nitrogens with zero attached hydrogens (tertiary/aromatic N) is 2. The van der Waals surface area contributed by atoms with Crippen LogP contribution in [0.25, 0.3) is 0 Å². The summed E-state index contributed by atoms with van der Waals surface area (Å²) in [5, 5.41) is 3.44. The molecule has 27 heavy (non-hydrogen) atoms.